The van der Waals surface area contributed by atoms with Gasteiger partial charge in [0.1, 0.15) is 0 Å². The number of nitrogens with one attached hydrogen (secondary N) is 1. The second kappa shape index (κ2) is 5.07. The van der Waals surface area contributed by atoms with E-state index in [1.54, 1.807) is 24.3 Å². The molecule has 0 amide bonds. The van der Waals surface area contributed by atoms with Crippen LogP contribution in [0, 0.1) is 11.3 Å². The number of anilines is 1. The molecule has 0 aliphatic rings. The molecule has 1 heterocycles. The topological polar surface area (TPSA) is 109 Å². The third kappa shape index (κ3) is 2.99. The van der Waals surface area contributed by atoms with Crippen molar-refractivity contribution in [1.29, 1.82) is 5.26 Å². The largest absolute Gasteiger partial charge is 0.256 e. The molecule has 2 rings (SSSR count). The van der Waals surface area contributed by atoms with E-state index in [1.165, 1.54) is 0 Å². The molecule has 18 heavy (non-hydrogen) atoms. The van der Waals surface area contributed by atoms with E-state index in [0.717, 1.165) is 11.5 Å². The highest BCUT2D eigenvalue weighted by atomic mass is 32.2. The van der Waals surface area contributed by atoms with E-state index in [9.17, 15) is 8.42 Å². The first-order valence-electron chi connectivity index (χ1n) is 4.74. The number of nitrogens with zero attached hydrogens (tertiary/aromatic N) is 4. The van der Waals surface area contributed by atoms with Crippen LogP contribution >= 0.6 is 11.5 Å². The second-order valence-electron chi connectivity index (χ2n) is 3.30. The van der Waals surface area contributed by atoms with Crippen molar-refractivity contribution in [3.8, 4) is 6.07 Å². The number of aromatic nitrogens is 3. The molecule has 1 N–H and O–H groups in total. The lowest BCUT2D eigenvalue weighted by atomic mass is 10.1. The summed E-state index contributed by atoms with van der Waals surface area (Å²) >= 11 is 0.843. The maximum Gasteiger partial charge on any atom is 0.238 e. The van der Waals surface area contributed by atoms with Crippen LogP contribution in [0.5, 0.6) is 0 Å². The standard InChI is InChI=1S/C9H7N5O2S2/c10-5-7-3-1-2-4-8(7)6-18(15,16)12-9-11-13-14-17-9/h1-4H,6H2,(H,11,12,14). The van der Waals surface area contributed by atoms with E-state index < -0.39 is 10.0 Å². The van der Waals surface area contributed by atoms with Crippen LogP contribution in [0.25, 0.3) is 0 Å². The third-order valence-corrected chi connectivity index (χ3v) is 3.86. The Morgan fingerprint density at radius 3 is 2.83 bits per heavy atom. The normalized spacial score (nSPS) is 10.8. The lowest BCUT2D eigenvalue weighted by molar-refractivity contribution is 0.600. The minimum Gasteiger partial charge on any atom is -0.256 e. The number of benzene rings is 1. The lowest BCUT2D eigenvalue weighted by Gasteiger charge is -2.05. The molecule has 1 aromatic heterocycles. The van der Waals surface area contributed by atoms with Crippen molar-refractivity contribution < 1.29 is 8.42 Å². The summed E-state index contributed by atoms with van der Waals surface area (Å²) in [7, 11) is -3.62. The molecule has 0 unspecified atom stereocenters. The summed E-state index contributed by atoms with van der Waals surface area (Å²) < 4.78 is 29.3. The van der Waals surface area contributed by atoms with Crippen molar-refractivity contribution in [2.75, 3.05) is 4.72 Å². The van der Waals surface area contributed by atoms with Gasteiger partial charge in [0, 0.05) is 11.5 Å². The first-order chi connectivity index (χ1) is 8.61. The highest BCUT2D eigenvalue weighted by Crippen LogP contribution is 2.14. The molecule has 0 saturated carbocycles. The predicted octanol–water partition coefficient (Wildman–Crippen LogP) is 0.747. The molecule has 0 bridgehead atoms. The number of hydrogen-bond donors (Lipinski definition) is 1. The van der Waals surface area contributed by atoms with Crippen molar-refractivity contribution in [3.05, 3.63) is 35.4 Å². The Hall–Kier alpha value is -2.05. The summed E-state index contributed by atoms with van der Waals surface area (Å²) in [6.45, 7) is 0. The monoisotopic (exact) mass is 281 g/mol. The highest BCUT2D eigenvalue weighted by Gasteiger charge is 2.15. The van der Waals surface area contributed by atoms with Gasteiger partial charge in [0.25, 0.3) is 0 Å². The van der Waals surface area contributed by atoms with Gasteiger partial charge in [0.05, 0.1) is 17.4 Å². The maximum absolute atomic E-state index is 11.8. The number of nitriles is 1. The van der Waals surface area contributed by atoms with Gasteiger partial charge in [0.2, 0.25) is 15.2 Å². The third-order valence-electron chi connectivity index (χ3n) is 2.03. The van der Waals surface area contributed by atoms with E-state index >= 15 is 0 Å². The van der Waals surface area contributed by atoms with Gasteiger partial charge in [-0.1, -0.05) is 27.8 Å². The highest BCUT2D eigenvalue weighted by molar-refractivity contribution is 7.92. The Morgan fingerprint density at radius 1 is 1.39 bits per heavy atom. The summed E-state index contributed by atoms with van der Waals surface area (Å²) in [6, 6.07) is 8.46. The van der Waals surface area contributed by atoms with Crippen LogP contribution in [0.1, 0.15) is 11.1 Å². The molecule has 2 aromatic rings. The molecule has 0 spiro atoms. The number of hydrogen-bond acceptors (Lipinski definition) is 7. The Morgan fingerprint density at radius 2 is 2.17 bits per heavy atom. The zero-order valence-corrected chi connectivity index (χ0v) is 10.6. The summed E-state index contributed by atoms with van der Waals surface area (Å²) in [6.07, 6.45) is 0. The molecular formula is C9H7N5O2S2. The van der Waals surface area contributed by atoms with Crippen LogP contribution in [-0.2, 0) is 15.8 Å². The van der Waals surface area contributed by atoms with Gasteiger partial charge < -0.3 is 0 Å². The molecule has 0 atom stereocenters. The molecule has 1 aromatic carbocycles. The Balaban J connectivity index is 2.21. The van der Waals surface area contributed by atoms with Crippen LogP contribution in [0.4, 0.5) is 5.13 Å². The summed E-state index contributed by atoms with van der Waals surface area (Å²) in [5, 5.41) is 15.8. The smallest absolute Gasteiger partial charge is 0.238 e. The minimum absolute atomic E-state index is 0.101. The molecule has 0 radical (unpaired) electrons. The van der Waals surface area contributed by atoms with Gasteiger partial charge in [-0.2, -0.15) is 5.26 Å². The average Bonchev–Trinajstić information content (AvgIpc) is 2.81. The van der Waals surface area contributed by atoms with Crippen molar-refractivity contribution in [2.45, 2.75) is 5.75 Å². The molecular weight excluding hydrogens is 274 g/mol. The van der Waals surface area contributed by atoms with Crippen molar-refractivity contribution in [2.24, 2.45) is 0 Å². The van der Waals surface area contributed by atoms with Crippen molar-refractivity contribution in [3.63, 3.8) is 0 Å². The van der Waals surface area contributed by atoms with Gasteiger partial charge in [-0.25, -0.2) is 8.42 Å². The molecule has 0 saturated heterocycles. The van der Waals surface area contributed by atoms with E-state index in [2.05, 4.69) is 19.5 Å². The van der Waals surface area contributed by atoms with Crippen LogP contribution in [0.3, 0.4) is 0 Å². The minimum atomic E-state index is -3.62. The number of sulfonamides is 1. The van der Waals surface area contributed by atoms with E-state index in [4.69, 9.17) is 5.26 Å². The summed E-state index contributed by atoms with van der Waals surface area (Å²) in [5.41, 5.74) is 0.767. The fraction of sp³-hybridized carbons (Fsp3) is 0.111. The van der Waals surface area contributed by atoms with Gasteiger partial charge in [-0.15, -0.1) is 0 Å². The zero-order valence-electron chi connectivity index (χ0n) is 8.94. The Bertz CT molecular complexity index is 675. The molecule has 0 aliphatic heterocycles. The fourth-order valence-electron chi connectivity index (χ4n) is 1.30. The average molecular weight is 281 g/mol. The van der Waals surface area contributed by atoms with Crippen LogP contribution in [-0.4, -0.2) is 23.2 Å². The fourth-order valence-corrected chi connectivity index (χ4v) is 3.10. The Kier molecular flexibility index (Phi) is 3.50. The summed E-state index contributed by atoms with van der Waals surface area (Å²) in [5.74, 6) is -0.295. The Labute approximate surface area is 107 Å². The second-order valence-corrected chi connectivity index (χ2v) is 5.75. The van der Waals surface area contributed by atoms with Crippen molar-refractivity contribution >= 4 is 26.7 Å². The molecule has 9 heteroatoms. The SMILES string of the molecule is N#Cc1ccccc1CS(=O)(=O)Nc1nnns1. The van der Waals surface area contributed by atoms with Crippen molar-refractivity contribution in [1.82, 2.24) is 14.8 Å². The predicted molar refractivity (Wildman–Crippen MR) is 65.1 cm³/mol. The lowest BCUT2D eigenvalue weighted by Crippen LogP contribution is -2.15. The van der Waals surface area contributed by atoms with E-state index in [1.807, 2.05) is 6.07 Å². The number of rotatable bonds is 4. The first kappa shape index (κ1) is 12.4. The zero-order chi connectivity index (χ0) is 13.0. The molecule has 0 aliphatic carbocycles. The van der Waals surface area contributed by atoms with Gasteiger partial charge in [-0.3, -0.25) is 4.72 Å². The molecule has 0 fully saturated rings. The van der Waals surface area contributed by atoms with Crippen LogP contribution in [0.15, 0.2) is 24.3 Å². The van der Waals surface area contributed by atoms with Crippen LogP contribution in [0.2, 0.25) is 0 Å². The van der Waals surface area contributed by atoms with Crippen LogP contribution < -0.4 is 4.72 Å². The molecule has 92 valence electrons. The van der Waals surface area contributed by atoms with E-state index in [-0.39, 0.29) is 10.9 Å². The molecule has 7 nitrogen and oxygen atoms in total. The van der Waals surface area contributed by atoms with Gasteiger partial charge in [0.15, 0.2) is 0 Å². The maximum atomic E-state index is 11.8. The first-order valence-corrected chi connectivity index (χ1v) is 7.17. The quantitative estimate of drug-likeness (QED) is 0.885. The van der Waals surface area contributed by atoms with Gasteiger partial charge >= 0.3 is 0 Å². The van der Waals surface area contributed by atoms with E-state index in [0.29, 0.717) is 11.1 Å². The van der Waals surface area contributed by atoms with Gasteiger partial charge in [-0.05, 0) is 16.8 Å². The summed E-state index contributed by atoms with van der Waals surface area (Å²) in [4.78, 5) is 0.